The molecule has 0 fully saturated rings. The monoisotopic (exact) mass is 572 g/mol. The van der Waals surface area contributed by atoms with Gasteiger partial charge in [0.05, 0.1) is 38.3 Å². The van der Waals surface area contributed by atoms with Crippen LogP contribution >= 0.6 is 11.6 Å². The van der Waals surface area contributed by atoms with E-state index in [1.54, 1.807) is 25.1 Å². The summed E-state index contributed by atoms with van der Waals surface area (Å²) in [6.45, 7) is 3.10. The van der Waals surface area contributed by atoms with Crippen molar-refractivity contribution in [2.24, 2.45) is 0 Å². The van der Waals surface area contributed by atoms with E-state index in [2.05, 4.69) is 5.32 Å². The number of anilines is 1. The second kappa shape index (κ2) is 11.2. The van der Waals surface area contributed by atoms with Crippen molar-refractivity contribution in [3.63, 3.8) is 0 Å². The fourth-order valence-electron chi connectivity index (χ4n) is 2.57. The van der Waals surface area contributed by atoms with E-state index in [-0.39, 0.29) is 46.7 Å². The summed E-state index contributed by atoms with van der Waals surface area (Å²) in [6, 6.07) is 8.10. The lowest BCUT2D eigenvalue weighted by Crippen LogP contribution is -3.00. The van der Waals surface area contributed by atoms with Gasteiger partial charge in [-0.05, 0) is 37.3 Å². The Balaban J connectivity index is 0.00000480. The third-order valence-corrected chi connectivity index (χ3v) is 4.39. The number of benzene rings is 2. The van der Waals surface area contributed by atoms with Gasteiger partial charge in [-0.1, -0.05) is 17.7 Å². The molecule has 0 aliphatic heterocycles. The van der Waals surface area contributed by atoms with Gasteiger partial charge in [0.25, 0.3) is 5.91 Å². The molecule has 2 aromatic carbocycles. The minimum absolute atomic E-state index is 0. The van der Waals surface area contributed by atoms with Crippen LogP contribution < -0.4 is 38.8 Å². The van der Waals surface area contributed by atoms with Gasteiger partial charge in [-0.2, -0.15) is 13.2 Å². The number of quaternary nitrogens is 1. The minimum atomic E-state index is -4.64. The molecule has 172 valence electrons. The van der Waals surface area contributed by atoms with Crippen molar-refractivity contribution in [3.8, 4) is 11.5 Å². The molecule has 0 spiro atoms. The molecule has 2 aromatic rings. The molecule has 1 amide bonds. The Kier molecular flexibility index (Phi) is 9.90. The molecule has 0 unspecified atom stereocenters. The van der Waals surface area contributed by atoms with Gasteiger partial charge in [0, 0.05) is 5.69 Å². The first-order chi connectivity index (χ1) is 13.9. The van der Waals surface area contributed by atoms with Crippen LogP contribution in [0.4, 0.5) is 18.9 Å². The third kappa shape index (κ3) is 8.04. The molecule has 0 saturated carbocycles. The van der Waals surface area contributed by atoms with Crippen LogP contribution in [0.2, 0.25) is 5.02 Å². The summed E-state index contributed by atoms with van der Waals surface area (Å²) in [5.74, 6) is -0.0746. The van der Waals surface area contributed by atoms with Crippen molar-refractivity contribution < 1.29 is 55.9 Å². The van der Waals surface area contributed by atoms with Gasteiger partial charge < -0.3 is 43.3 Å². The number of nitrogens with one attached hydrogen (secondary N) is 1. The van der Waals surface area contributed by atoms with E-state index >= 15 is 0 Å². The molecule has 31 heavy (non-hydrogen) atoms. The second-order valence-electron chi connectivity index (χ2n) is 7.57. The van der Waals surface area contributed by atoms with Crippen molar-refractivity contribution in [3.05, 3.63) is 52.5 Å². The zero-order valence-corrected chi connectivity index (χ0v) is 20.6. The van der Waals surface area contributed by atoms with E-state index in [1.807, 2.05) is 21.1 Å². The maximum Gasteiger partial charge on any atom is 0.417 e. The molecular weight excluding hydrogens is 548 g/mol. The lowest BCUT2D eigenvalue weighted by molar-refractivity contribution is -0.870. The second-order valence-corrected chi connectivity index (χ2v) is 7.98. The van der Waals surface area contributed by atoms with E-state index in [0.29, 0.717) is 24.2 Å². The molecule has 5 nitrogen and oxygen atoms in total. The predicted molar refractivity (Wildman–Crippen MR) is 110 cm³/mol. The number of alkyl halides is 3. The fraction of sp³-hybridized carbons (Fsp3) is 0.381. The van der Waals surface area contributed by atoms with Crippen LogP contribution in [0.15, 0.2) is 36.4 Å². The summed E-state index contributed by atoms with van der Waals surface area (Å²) >= 11 is 5.65. The van der Waals surface area contributed by atoms with Crippen molar-refractivity contribution in [2.45, 2.75) is 13.1 Å². The Morgan fingerprint density at radius 1 is 1.10 bits per heavy atom. The first-order valence-electron chi connectivity index (χ1n) is 9.29. The molecule has 0 radical (unpaired) electrons. The highest BCUT2D eigenvalue weighted by atomic mass is 127. The van der Waals surface area contributed by atoms with Gasteiger partial charge in [-0.15, -0.1) is 0 Å². The normalized spacial score (nSPS) is 11.5. The van der Waals surface area contributed by atoms with Crippen LogP contribution in [0.25, 0.3) is 0 Å². The summed E-state index contributed by atoms with van der Waals surface area (Å²) in [7, 11) is 6.02. The van der Waals surface area contributed by atoms with Gasteiger partial charge >= 0.3 is 6.18 Å². The zero-order chi connectivity index (χ0) is 22.5. The van der Waals surface area contributed by atoms with Crippen molar-refractivity contribution in [1.82, 2.24) is 0 Å². The average Bonchev–Trinajstić information content (AvgIpc) is 2.61. The standard InChI is InChI=1S/C21H24ClF3N2O3.HI/c1-5-29-17-7-6-8-18(30-12-11-27(2,3)4)19(17)20(28)26-14-9-10-16(22)15(13-14)21(23,24)25;/h6-10,13H,5,11-12H2,1-4H3;1H. The van der Waals surface area contributed by atoms with Crippen LogP contribution in [-0.2, 0) is 6.18 Å². The van der Waals surface area contributed by atoms with E-state index in [9.17, 15) is 18.0 Å². The molecule has 10 heteroatoms. The number of carbonyl (C=O) groups is 1. The highest BCUT2D eigenvalue weighted by Crippen LogP contribution is 2.37. The number of amides is 1. The summed E-state index contributed by atoms with van der Waals surface area (Å²) < 4.78 is 51.3. The maximum absolute atomic E-state index is 13.1. The van der Waals surface area contributed by atoms with Gasteiger partial charge in [0.2, 0.25) is 0 Å². The Morgan fingerprint density at radius 2 is 1.71 bits per heavy atom. The number of halogens is 5. The van der Waals surface area contributed by atoms with Crippen LogP contribution in [-0.4, -0.2) is 51.3 Å². The van der Waals surface area contributed by atoms with E-state index < -0.39 is 22.7 Å². The molecule has 0 aliphatic carbocycles. The number of hydrogen-bond donors (Lipinski definition) is 1. The highest BCUT2D eigenvalue weighted by molar-refractivity contribution is 6.31. The largest absolute Gasteiger partial charge is 1.00 e. The number of carbonyl (C=O) groups excluding carboxylic acids is 1. The molecule has 0 saturated heterocycles. The van der Waals surface area contributed by atoms with Crippen LogP contribution in [0, 0.1) is 0 Å². The van der Waals surface area contributed by atoms with Crippen molar-refractivity contribution in [2.75, 3.05) is 46.2 Å². The van der Waals surface area contributed by atoms with Crippen LogP contribution in [0.3, 0.4) is 0 Å². The molecule has 0 aliphatic rings. The summed E-state index contributed by atoms with van der Waals surface area (Å²) in [5, 5.41) is 2.04. The van der Waals surface area contributed by atoms with Gasteiger partial charge in [0.1, 0.15) is 30.2 Å². The average molecular weight is 573 g/mol. The first kappa shape index (κ1) is 27.3. The number of rotatable bonds is 8. The Morgan fingerprint density at radius 3 is 2.26 bits per heavy atom. The summed E-state index contributed by atoms with van der Waals surface area (Å²) in [6.07, 6.45) is -4.64. The van der Waals surface area contributed by atoms with E-state index in [0.717, 1.165) is 12.1 Å². The molecule has 0 atom stereocenters. The molecule has 0 aromatic heterocycles. The highest BCUT2D eigenvalue weighted by Gasteiger charge is 2.33. The Labute approximate surface area is 202 Å². The predicted octanol–water partition coefficient (Wildman–Crippen LogP) is 2.10. The molecule has 1 N–H and O–H groups in total. The Hall–Kier alpha value is -1.72. The SMILES string of the molecule is CCOc1cccc(OCC[N+](C)(C)C)c1C(=O)Nc1ccc(Cl)c(C(F)(F)F)c1.[I-]. The van der Waals surface area contributed by atoms with E-state index in [1.165, 1.54) is 6.07 Å². The lowest BCUT2D eigenvalue weighted by atomic mass is 10.1. The molecule has 0 heterocycles. The number of ether oxygens (including phenoxy) is 2. The lowest BCUT2D eigenvalue weighted by Gasteiger charge is -2.24. The zero-order valence-electron chi connectivity index (χ0n) is 17.6. The smallest absolute Gasteiger partial charge is 0.417 e. The number of likely N-dealkylation sites (N-methyl/N-ethyl adjacent to an activating group) is 1. The topological polar surface area (TPSA) is 47.6 Å². The number of nitrogens with zero attached hydrogens (tertiary/aromatic N) is 1. The third-order valence-electron chi connectivity index (χ3n) is 4.06. The van der Waals surface area contributed by atoms with Gasteiger partial charge in [-0.3, -0.25) is 4.79 Å². The van der Waals surface area contributed by atoms with Crippen LogP contribution in [0.1, 0.15) is 22.8 Å². The summed E-state index contributed by atoms with van der Waals surface area (Å²) in [5.41, 5.74) is -0.955. The maximum atomic E-state index is 13.1. The number of hydrogen-bond acceptors (Lipinski definition) is 3. The molecule has 2 rings (SSSR count). The van der Waals surface area contributed by atoms with E-state index in [4.69, 9.17) is 21.1 Å². The van der Waals surface area contributed by atoms with Crippen LogP contribution in [0.5, 0.6) is 11.5 Å². The van der Waals surface area contributed by atoms with Gasteiger partial charge in [-0.25, -0.2) is 0 Å². The van der Waals surface area contributed by atoms with Crippen molar-refractivity contribution in [1.29, 1.82) is 0 Å². The quantitative estimate of drug-likeness (QED) is 0.390. The van der Waals surface area contributed by atoms with Crippen molar-refractivity contribution >= 4 is 23.2 Å². The van der Waals surface area contributed by atoms with Gasteiger partial charge in [0.15, 0.2) is 0 Å². The Bertz CT molecular complexity index is 902. The molecule has 0 bridgehead atoms. The molecular formula is C21H25ClF3IN2O3. The minimum Gasteiger partial charge on any atom is -1.00 e. The summed E-state index contributed by atoms with van der Waals surface area (Å²) in [4.78, 5) is 12.9. The first-order valence-corrected chi connectivity index (χ1v) is 9.67. The fourth-order valence-corrected chi connectivity index (χ4v) is 2.80.